The molecule has 51 heavy (non-hydrogen) atoms. The van der Waals surface area contributed by atoms with Gasteiger partial charge in [-0.3, -0.25) is 0 Å². The molecule has 0 atom stereocenters. The Labute approximate surface area is 297 Å². The van der Waals surface area contributed by atoms with Crippen LogP contribution in [-0.4, -0.2) is 0 Å². The molecule has 0 radical (unpaired) electrons. The summed E-state index contributed by atoms with van der Waals surface area (Å²) in [5.41, 5.74) is 15.2. The summed E-state index contributed by atoms with van der Waals surface area (Å²) in [6, 6.07) is 63.6. The van der Waals surface area contributed by atoms with Crippen LogP contribution in [0.5, 0.6) is 0 Å². The largest absolute Gasteiger partial charge is 0.455 e. The molecule has 0 bridgehead atoms. The van der Waals surface area contributed by atoms with Crippen LogP contribution >= 0.6 is 0 Å². The molecule has 0 fully saturated rings. The highest BCUT2D eigenvalue weighted by Gasteiger charge is 2.36. The van der Waals surface area contributed by atoms with Gasteiger partial charge in [0.1, 0.15) is 11.2 Å². The second kappa shape index (κ2) is 11.3. The van der Waals surface area contributed by atoms with Gasteiger partial charge in [0.15, 0.2) is 0 Å². The lowest BCUT2D eigenvalue weighted by Crippen LogP contribution is -2.16. The van der Waals surface area contributed by atoms with Gasteiger partial charge in [0.2, 0.25) is 0 Å². The second-order valence-corrected chi connectivity index (χ2v) is 14.1. The van der Waals surface area contributed by atoms with Gasteiger partial charge in [-0.05, 0) is 92.4 Å². The molecule has 9 aromatic rings. The topological polar surface area (TPSA) is 16.4 Å². The Hall–Kier alpha value is -6.38. The summed E-state index contributed by atoms with van der Waals surface area (Å²) < 4.78 is 6.67. The summed E-state index contributed by atoms with van der Waals surface area (Å²) in [6.45, 7) is 4.69. The molecule has 0 spiro atoms. The van der Waals surface area contributed by atoms with E-state index in [0.29, 0.717) is 0 Å². The molecule has 0 amide bonds. The normalized spacial score (nSPS) is 13.1. The van der Waals surface area contributed by atoms with Crippen LogP contribution in [0, 0.1) is 0 Å². The Morgan fingerprint density at radius 2 is 1.08 bits per heavy atom. The molecular weight excluding hydrogens is 619 g/mol. The minimum Gasteiger partial charge on any atom is -0.455 e. The fourth-order valence-corrected chi connectivity index (χ4v) is 8.27. The number of anilines is 3. The Balaban J connectivity index is 1.15. The quantitative estimate of drug-likeness (QED) is 0.184. The van der Waals surface area contributed by atoms with Crippen LogP contribution < -0.4 is 4.90 Å². The SMILES string of the molecule is CC1(C)c2ccccc2-c2ccc(N(c3ccc(-c4ccc(-c5ccccc5)cc4)cc3)c3cccc4ccc5c6ccccc6oc5c34)cc21. The lowest BCUT2D eigenvalue weighted by Gasteiger charge is -2.29. The fourth-order valence-electron chi connectivity index (χ4n) is 8.27. The Morgan fingerprint density at radius 1 is 0.451 bits per heavy atom. The van der Waals surface area contributed by atoms with E-state index >= 15 is 0 Å². The standard InChI is InChI=1S/C49H35NO/c1-49(2)43-16-8-6-14-39(43)40-30-28-38(31-44(40)49)50(37-26-23-35(24-27-37)34-21-19-33(20-22-34)32-11-4-3-5-12-32)45-17-10-13-36-25-29-42-41-15-7-9-18-46(41)51-48(42)47(36)45/h3-31H,1-2H3. The smallest absolute Gasteiger partial charge is 0.145 e. The summed E-state index contributed by atoms with van der Waals surface area (Å²) in [5, 5.41) is 4.52. The number of rotatable bonds is 5. The first-order valence-corrected chi connectivity index (χ1v) is 17.7. The van der Waals surface area contributed by atoms with Crippen molar-refractivity contribution < 1.29 is 4.42 Å². The van der Waals surface area contributed by atoms with Crippen molar-refractivity contribution in [2.75, 3.05) is 4.90 Å². The number of para-hydroxylation sites is 1. The van der Waals surface area contributed by atoms with Gasteiger partial charge in [0, 0.05) is 32.9 Å². The third kappa shape index (κ3) is 4.64. The highest BCUT2D eigenvalue weighted by Crippen LogP contribution is 2.51. The number of hydrogen-bond donors (Lipinski definition) is 0. The van der Waals surface area contributed by atoms with E-state index in [1.165, 1.54) is 44.5 Å². The van der Waals surface area contributed by atoms with Crippen molar-refractivity contribution in [2.24, 2.45) is 0 Å². The van der Waals surface area contributed by atoms with Gasteiger partial charge >= 0.3 is 0 Å². The molecule has 2 nitrogen and oxygen atoms in total. The first-order chi connectivity index (χ1) is 25.0. The van der Waals surface area contributed by atoms with Crippen LogP contribution in [0.4, 0.5) is 17.1 Å². The van der Waals surface area contributed by atoms with E-state index < -0.39 is 0 Å². The third-order valence-electron chi connectivity index (χ3n) is 10.9. The zero-order valence-electron chi connectivity index (χ0n) is 28.6. The van der Waals surface area contributed by atoms with Crippen LogP contribution in [0.2, 0.25) is 0 Å². The van der Waals surface area contributed by atoms with Gasteiger partial charge in [0.25, 0.3) is 0 Å². The average molecular weight is 654 g/mol. The molecule has 1 heterocycles. The Kier molecular flexibility index (Phi) is 6.56. The minimum atomic E-state index is -0.117. The number of furan rings is 1. The summed E-state index contributed by atoms with van der Waals surface area (Å²) in [7, 11) is 0. The first kappa shape index (κ1) is 29.5. The molecule has 1 aliphatic carbocycles. The zero-order valence-corrected chi connectivity index (χ0v) is 28.6. The predicted octanol–water partition coefficient (Wildman–Crippen LogP) is 13.8. The molecule has 242 valence electrons. The van der Waals surface area contributed by atoms with Crippen LogP contribution in [-0.2, 0) is 5.41 Å². The van der Waals surface area contributed by atoms with Crippen molar-refractivity contribution >= 4 is 49.8 Å². The fraction of sp³-hybridized carbons (Fsp3) is 0.0612. The summed E-state index contributed by atoms with van der Waals surface area (Å²) in [4.78, 5) is 2.41. The van der Waals surface area contributed by atoms with Gasteiger partial charge in [-0.25, -0.2) is 0 Å². The molecule has 2 heteroatoms. The second-order valence-electron chi connectivity index (χ2n) is 14.1. The maximum Gasteiger partial charge on any atom is 0.145 e. The van der Waals surface area contributed by atoms with Gasteiger partial charge < -0.3 is 9.32 Å². The maximum absolute atomic E-state index is 6.67. The number of nitrogens with zero attached hydrogens (tertiary/aromatic N) is 1. The minimum absolute atomic E-state index is 0.117. The van der Waals surface area contributed by atoms with Gasteiger partial charge in [-0.15, -0.1) is 0 Å². The molecule has 8 aromatic carbocycles. The summed E-state index contributed by atoms with van der Waals surface area (Å²) in [5.74, 6) is 0. The van der Waals surface area contributed by atoms with Crippen molar-refractivity contribution in [3.63, 3.8) is 0 Å². The monoisotopic (exact) mass is 653 g/mol. The number of benzene rings is 8. The van der Waals surface area contributed by atoms with E-state index in [9.17, 15) is 0 Å². The number of hydrogen-bond acceptors (Lipinski definition) is 2. The van der Waals surface area contributed by atoms with Crippen molar-refractivity contribution in [2.45, 2.75) is 19.3 Å². The predicted molar refractivity (Wildman–Crippen MR) is 214 cm³/mol. The van der Waals surface area contributed by atoms with Gasteiger partial charge in [0.05, 0.1) is 5.69 Å². The molecule has 0 saturated heterocycles. The lowest BCUT2D eigenvalue weighted by atomic mass is 9.82. The van der Waals surface area contributed by atoms with Gasteiger partial charge in [-0.1, -0.05) is 147 Å². The molecule has 0 saturated carbocycles. The van der Waals surface area contributed by atoms with E-state index in [0.717, 1.165) is 49.8 Å². The van der Waals surface area contributed by atoms with Gasteiger partial charge in [-0.2, -0.15) is 0 Å². The molecule has 1 aromatic heterocycles. The van der Waals surface area contributed by atoms with Crippen molar-refractivity contribution in [3.8, 4) is 33.4 Å². The number of fused-ring (bicyclic) bond motifs is 8. The molecule has 0 aliphatic heterocycles. The van der Waals surface area contributed by atoms with Crippen molar-refractivity contribution in [1.29, 1.82) is 0 Å². The Morgan fingerprint density at radius 3 is 1.86 bits per heavy atom. The molecule has 10 rings (SSSR count). The van der Waals surface area contributed by atoms with E-state index in [2.05, 4.69) is 189 Å². The average Bonchev–Trinajstić information content (AvgIpc) is 3.68. The van der Waals surface area contributed by atoms with E-state index in [1.54, 1.807) is 0 Å². The maximum atomic E-state index is 6.67. The molecular formula is C49H35NO. The van der Waals surface area contributed by atoms with Crippen LogP contribution in [0.3, 0.4) is 0 Å². The van der Waals surface area contributed by atoms with Crippen LogP contribution in [0.15, 0.2) is 180 Å². The van der Waals surface area contributed by atoms with Crippen LogP contribution in [0.25, 0.3) is 66.1 Å². The Bertz CT molecular complexity index is 2750. The van der Waals surface area contributed by atoms with Crippen molar-refractivity contribution in [1.82, 2.24) is 0 Å². The third-order valence-corrected chi connectivity index (χ3v) is 10.9. The van der Waals surface area contributed by atoms with E-state index in [-0.39, 0.29) is 5.41 Å². The highest BCUT2D eigenvalue weighted by molar-refractivity contribution is 6.19. The highest BCUT2D eigenvalue weighted by atomic mass is 16.3. The summed E-state index contributed by atoms with van der Waals surface area (Å²) in [6.07, 6.45) is 0. The lowest BCUT2D eigenvalue weighted by molar-refractivity contribution is 0.660. The van der Waals surface area contributed by atoms with E-state index in [1.807, 2.05) is 6.07 Å². The zero-order chi connectivity index (χ0) is 34.1. The van der Waals surface area contributed by atoms with Crippen LogP contribution in [0.1, 0.15) is 25.0 Å². The van der Waals surface area contributed by atoms with E-state index in [4.69, 9.17) is 4.42 Å². The summed E-state index contributed by atoms with van der Waals surface area (Å²) >= 11 is 0. The molecule has 0 N–H and O–H groups in total. The van der Waals surface area contributed by atoms with Crippen molar-refractivity contribution in [3.05, 3.63) is 187 Å². The molecule has 1 aliphatic rings. The first-order valence-electron chi connectivity index (χ1n) is 17.7. The molecule has 0 unspecified atom stereocenters.